The van der Waals surface area contributed by atoms with E-state index in [0.29, 0.717) is 22.7 Å². The maximum absolute atomic E-state index is 11.2. The van der Waals surface area contributed by atoms with Crippen molar-refractivity contribution in [2.75, 3.05) is 5.32 Å². The van der Waals surface area contributed by atoms with Crippen molar-refractivity contribution in [2.24, 2.45) is 11.1 Å². The average molecular weight is 275 g/mol. The summed E-state index contributed by atoms with van der Waals surface area (Å²) in [5.41, 5.74) is 0.634. The summed E-state index contributed by atoms with van der Waals surface area (Å²) in [6, 6.07) is 4.82. The van der Waals surface area contributed by atoms with Crippen molar-refractivity contribution in [3.05, 3.63) is 23.2 Å². The van der Waals surface area contributed by atoms with Crippen molar-refractivity contribution in [3.63, 3.8) is 0 Å². The van der Waals surface area contributed by atoms with Crippen LogP contribution in [0.15, 0.2) is 23.1 Å². The Labute approximate surface area is 106 Å². The topological polar surface area (TPSA) is 72.2 Å². The monoisotopic (exact) mass is 274 g/mol. The van der Waals surface area contributed by atoms with Crippen LogP contribution in [-0.4, -0.2) is 14.5 Å². The molecule has 0 saturated heterocycles. The van der Waals surface area contributed by atoms with Gasteiger partial charge in [0.05, 0.1) is 15.6 Å². The van der Waals surface area contributed by atoms with E-state index in [1.807, 2.05) is 0 Å². The zero-order chi connectivity index (χ0) is 12.6. The summed E-state index contributed by atoms with van der Waals surface area (Å²) >= 11 is 6.01. The fraction of sp³-hybridized carbons (Fsp3) is 0.455. The molecule has 0 aliphatic heterocycles. The molecule has 0 aromatic heterocycles. The third kappa shape index (κ3) is 2.91. The van der Waals surface area contributed by atoms with Crippen molar-refractivity contribution in [3.8, 4) is 0 Å². The maximum atomic E-state index is 11.2. The minimum absolute atomic E-state index is 0.0803. The van der Waals surface area contributed by atoms with E-state index in [1.165, 1.54) is 12.1 Å². The molecule has 1 aliphatic carbocycles. The molecule has 2 rings (SSSR count). The number of halogens is 1. The molecule has 3 N–H and O–H groups in total. The van der Waals surface area contributed by atoms with Crippen molar-refractivity contribution >= 4 is 27.3 Å². The number of hydrogen-bond acceptors (Lipinski definition) is 3. The molecule has 17 heavy (non-hydrogen) atoms. The lowest BCUT2D eigenvalue weighted by Crippen LogP contribution is -2.33. The first-order chi connectivity index (χ1) is 7.86. The van der Waals surface area contributed by atoms with Crippen LogP contribution in [0.25, 0.3) is 0 Å². The van der Waals surface area contributed by atoms with E-state index in [4.69, 9.17) is 16.7 Å². The quantitative estimate of drug-likeness (QED) is 0.887. The Bertz CT molecular complexity index is 524. The van der Waals surface area contributed by atoms with E-state index in [9.17, 15) is 8.42 Å². The van der Waals surface area contributed by atoms with Gasteiger partial charge in [0.1, 0.15) is 0 Å². The lowest BCUT2D eigenvalue weighted by atomic mass is 9.82. The van der Waals surface area contributed by atoms with Crippen LogP contribution in [0.3, 0.4) is 0 Å². The van der Waals surface area contributed by atoms with Crippen LogP contribution in [0.4, 0.5) is 5.69 Å². The van der Waals surface area contributed by atoms with Crippen LogP contribution in [-0.2, 0) is 10.0 Å². The lowest BCUT2D eigenvalue weighted by molar-refractivity contribution is 0.309. The van der Waals surface area contributed by atoms with E-state index in [1.54, 1.807) is 6.07 Å². The highest BCUT2D eigenvalue weighted by atomic mass is 35.5. The average Bonchev–Trinajstić information content (AvgIpc) is 2.17. The second kappa shape index (κ2) is 4.48. The van der Waals surface area contributed by atoms with Gasteiger partial charge in [0.2, 0.25) is 10.0 Å². The van der Waals surface area contributed by atoms with E-state index >= 15 is 0 Å². The molecule has 0 amide bonds. The number of nitrogens with one attached hydrogen (secondary N) is 1. The standard InChI is InChI=1S/C11H15ClN2O2S/c1-7-4-8(5-7)14-11-6-9(17(13,15)16)2-3-10(11)12/h2-3,6-8,14H,4-5H2,1H3,(H2,13,15,16). The Morgan fingerprint density at radius 3 is 2.59 bits per heavy atom. The Hall–Kier alpha value is -0.780. The van der Waals surface area contributed by atoms with E-state index in [2.05, 4.69) is 12.2 Å². The van der Waals surface area contributed by atoms with Gasteiger partial charge in [-0.3, -0.25) is 0 Å². The minimum atomic E-state index is -3.68. The molecule has 0 radical (unpaired) electrons. The summed E-state index contributed by atoms with van der Waals surface area (Å²) in [4.78, 5) is 0.0803. The summed E-state index contributed by atoms with van der Waals surface area (Å²) in [5.74, 6) is 0.715. The van der Waals surface area contributed by atoms with Gasteiger partial charge in [-0.05, 0) is 37.0 Å². The molecule has 1 aliphatic rings. The number of benzene rings is 1. The minimum Gasteiger partial charge on any atom is -0.381 e. The van der Waals surface area contributed by atoms with Crippen molar-refractivity contribution in [2.45, 2.75) is 30.7 Å². The summed E-state index contributed by atoms with van der Waals surface area (Å²) in [7, 11) is -3.68. The second-order valence-electron chi connectivity index (χ2n) is 4.60. The van der Waals surface area contributed by atoms with E-state index in [0.717, 1.165) is 12.8 Å². The van der Waals surface area contributed by atoms with Crippen molar-refractivity contribution in [1.29, 1.82) is 0 Å². The number of sulfonamides is 1. The molecule has 1 aromatic rings. The molecule has 0 bridgehead atoms. The predicted octanol–water partition coefficient (Wildman–Crippen LogP) is 2.20. The van der Waals surface area contributed by atoms with Crippen molar-refractivity contribution < 1.29 is 8.42 Å². The van der Waals surface area contributed by atoms with E-state index in [-0.39, 0.29) is 4.90 Å². The molecule has 0 heterocycles. The van der Waals surface area contributed by atoms with Crippen LogP contribution in [0, 0.1) is 5.92 Å². The first kappa shape index (κ1) is 12.7. The molecule has 1 aromatic carbocycles. The van der Waals surface area contributed by atoms with Crippen molar-refractivity contribution in [1.82, 2.24) is 0 Å². The third-order valence-electron chi connectivity index (χ3n) is 3.00. The van der Waals surface area contributed by atoms with Gasteiger partial charge in [-0.25, -0.2) is 13.6 Å². The van der Waals surface area contributed by atoms with Gasteiger partial charge in [-0.1, -0.05) is 18.5 Å². The molecule has 0 unspecified atom stereocenters. The number of hydrogen-bond donors (Lipinski definition) is 2. The normalized spacial score (nSPS) is 24.2. The Morgan fingerprint density at radius 1 is 1.41 bits per heavy atom. The molecule has 1 saturated carbocycles. The van der Waals surface area contributed by atoms with Crippen LogP contribution < -0.4 is 10.5 Å². The lowest BCUT2D eigenvalue weighted by Gasteiger charge is -2.34. The molecule has 4 nitrogen and oxygen atoms in total. The van der Waals surface area contributed by atoms with Crippen LogP contribution >= 0.6 is 11.6 Å². The Kier molecular flexibility index (Phi) is 3.34. The first-order valence-corrected chi connectivity index (χ1v) is 7.37. The largest absolute Gasteiger partial charge is 0.381 e. The number of rotatable bonds is 3. The summed E-state index contributed by atoms with van der Waals surface area (Å²) < 4.78 is 22.4. The smallest absolute Gasteiger partial charge is 0.238 e. The highest BCUT2D eigenvalue weighted by Crippen LogP contribution is 2.32. The van der Waals surface area contributed by atoms with E-state index < -0.39 is 10.0 Å². The van der Waals surface area contributed by atoms with Gasteiger partial charge >= 0.3 is 0 Å². The number of nitrogens with two attached hydrogens (primary N) is 1. The highest BCUT2D eigenvalue weighted by Gasteiger charge is 2.25. The molecular weight excluding hydrogens is 260 g/mol. The molecule has 94 valence electrons. The third-order valence-corrected chi connectivity index (χ3v) is 4.24. The first-order valence-electron chi connectivity index (χ1n) is 5.45. The van der Waals surface area contributed by atoms with Gasteiger partial charge in [0.25, 0.3) is 0 Å². The van der Waals surface area contributed by atoms with Gasteiger partial charge in [-0.2, -0.15) is 0 Å². The summed E-state index contributed by atoms with van der Waals surface area (Å²) in [5, 5.41) is 8.83. The fourth-order valence-electron chi connectivity index (χ4n) is 2.03. The second-order valence-corrected chi connectivity index (χ2v) is 6.57. The highest BCUT2D eigenvalue weighted by molar-refractivity contribution is 7.89. The predicted molar refractivity (Wildman–Crippen MR) is 68.6 cm³/mol. The SMILES string of the molecule is CC1CC(Nc2cc(S(N)(=O)=O)ccc2Cl)C1. The van der Waals surface area contributed by atoms with Gasteiger partial charge in [0, 0.05) is 6.04 Å². The number of anilines is 1. The van der Waals surface area contributed by atoms with Crippen LogP contribution in [0.1, 0.15) is 19.8 Å². The zero-order valence-corrected chi connectivity index (χ0v) is 11.1. The molecule has 1 fully saturated rings. The molecule has 6 heteroatoms. The maximum Gasteiger partial charge on any atom is 0.238 e. The molecule has 0 atom stereocenters. The van der Waals surface area contributed by atoms with Crippen LogP contribution in [0.5, 0.6) is 0 Å². The molecule has 0 spiro atoms. The summed E-state index contributed by atoms with van der Waals surface area (Å²) in [6.07, 6.45) is 2.16. The van der Waals surface area contributed by atoms with Gasteiger partial charge in [-0.15, -0.1) is 0 Å². The Morgan fingerprint density at radius 2 is 2.06 bits per heavy atom. The molecular formula is C11H15ClN2O2S. The van der Waals surface area contributed by atoms with Crippen LogP contribution in [0.2, 0.25) is 5.02 Å². The number of primary sulfonamides is 1. The summed E-state index contributed by atoms with van der Waals surface area (Å²) in [6.45, 7) is 2.18. The fourth-order valence-corrected chi connectivity index (χ4v) is 2.74. The van der Waals surface area contributed by atoms with Gasteiger partial charge in [0.15, 0.2) is 0 Å². The van der Waals surface area contributed by atoms with Gasteiger partial charge < -0.3 is 5.32 Å². The Balaban J connectivity index is 2.21. The zero-order valence-electron chi connectivity index (χ0n) is 9.48.